The van der Waals surface area contributed by atoms with Gasteiger partial charge in [0.1, 0.15) is 0 Å². The van der Waals surface area contributed by atoms with Crippen molar-refractivity contribution < 1.29 is 22.7 Å². The molecule has 1 saturated heterocycles. The van der Waals surface area contributed by atoms with Crippen molar-refractivity contribution in [2.75, 3.05) is 33.9 Å². The molecule has 1 aromatic carbocycles. The molecule has 1 amide bonds. The third kappa shape index (κ3) is 3.42. The summed E-state index contributed by atoms with van der Waals surface area (Å²) in [6.07, 6.45) is 0. The Kier molecular flexibility index (Phi) is 5.16. The van der Waals surface area contributed by atoms with Gasteiger partial charge in [0.05, 0.1) is 25.7 Å². The second-order valence-corrected chi connectivity index (χ2v) is 7.47. The van der Waals surface area contributed by atoms with E-state index in [1.807, 2.05) is 13.8 Å². The number of ether oxygens (including phenoxy) is 2. The highest BCUT2D eigenvalue weighted by Gasteiger charge is 2.34. The Morgan fingerprint density at radius 2 is 1.74 bits per heavy atom. The van der Waals surface area contributed by atoms with Crippen LogP contribution in [0.1, 0.15) is 13.8 Å². The van der Waals surface area contributed by atoms with Crippen LogP contribution in [-0.2, 0) is 14.8 Å². The summed E-state index contributed by atoms with van der Waals surface area (Å²) in [5.41, 5.74) is 0. The van der Waals surface area contributed by atoms with Crippen LogP contribution in [-0.4, -0.2) is 63.4 Å². The molecular formula is C15H22N2O5S. The van der Waals surface area contributed by atoms with Gasteiger partial charge in [0.15, 0.2) is 11.5 Å². The van der Waals surface area contributed by atoms with Gasteiger partial charge < -0.3 is 14.4 Å². The predicted octanol–water partition coefficient (Wildman–Crippen LogP) is 0.945. The van der Waals surface area contributed by atoms with Crippen molar-refractivity contribution in [1.29, 1.82) is 0 Å². The number of hydrogen-bond donors (Lipinski definition) is 0. The van der Waals surface area contributed by atoms with E-state index < -0.39 is 10.0 Å². The lowest BCUT2D eigenvalue weighted by Crippen LogP contribution is -2.54. The van der Waals surface area contributed by atoms with E-state index in [4.69, 9.17) is 9.47 Å². The Labute approximate surface area is 136 Å². The SMILES string of the molecule is COc1ccc(S(=O)(=O)N2CCN(C(C)C)C(=O)C2)cc1OC. The molecule has 2 rings (SSSR count). The first-order valence-corrected chi connectivity index (χ1v) is 8.77. The largest absolute Gasteiger partial charge is 0.493 e. The van der Waals surface area contributed by atoms with Gasteiger partial charge in [0.25, 0.3) is 0 Å². The molecule has 7 nitrogen and oxygen atoms in total. The van der Waals surface area contributed by atoms with Crippen LogP contribution >= 0.6 is 0 Å². The van der Waals surface area contributed by atoms with Crippen molar-refractivity contribution >= 4 is 15.9 Å². The molecule has 0 spiro atoms. The van der Waals surface area contributed by atoms with Gasteiger partial charge in [-0.2, -0.15) is 4.31 Å². The Morgan fingerprint density at radius 3 is 2.26 bits per heavy atom. The Hall–Kier alpha value is -1.80. The highest BCUT2D eigenvalue weighted by molar-refractivity contribution is 7.89. The fourth-order valence-corrected chi connectivity index (χ4v) is 3.94. The molecule has 1 aliphatic heterocycles. The monoisotopic (exact) mass is 342 g/mol. The van der Waals surface area contributed by atoms with Gasteiger partial charge in [0, 0.05) is 25.2 Å². The van der Waals surface area contributed by atoms with Crippen LogP contribution in [0.3, 0.4) is 0 Å². The molecule has 128 valence electrons. The van der Waals surface area contributed by atoms with Crippen LogP contribution in [0.2, 0.25) is 0 Å². The molecule has 8 heteroatoms. The van der Waals surface area contributed by atoms with E-state index in [1.165, 1.54) is 36.7 Å². The summed E-state index contributed by atoms with van der Waals surface area (Å²) < 4.78 is 36.9. The summed E-state index contributed by atoms with van der Waals surface area (Å²) in [6, 6.07) is 4.47. The van der Waals surface area contributed by atoms with E-state index in [1.54, 1.807) is 4.90 Å². The standard InChI is InChI=1S/C15H22N2O5S/c1-11(2)17-8-7-16(10-15(17)18)23(19,20)12-5-6-13(21-3)14(9-12)22-4/h5-6,9,11H,7-8,10H2,1-4H3. The second-order valence-electron chi connectivity index (χ2n) is 5.54. The Morgan fingerprint density at radius 1 is 1.09 bits per heavy atom. The predicted molar refractivity (Wildman–Crippen MR) is 85.2 cm³/mol. The van der Waals surface area contributed by atoms with Gasteiger partial charge in [-0.25, -0.2) is 8.42 Å². The fourth-order valence-electron chi connectivity index (χ4n) is 2.54. The Balaban J connectivity index is 2.28. The first kappa shape index (κ1) is 17.6. The summed E-state index contributed by atoms with van der Waals surface area (Å²) in [5, 5.41) is 0. The molecule has 1 aliphatic rings. The first-order valence-electron chi connectivity index (χ1n) is 7.33. The maximum Gasteiger partial charge on any atom is 0.243 e. The van der Waals surface area contributed by atoms with E-state index in [-0.39, 0.29) is 29.9 Å². The lowest BCUT2D eigenvalue weighted by atomic mass is 10.2. The molecule has 0 aromatic heterocycles. The summed E-state index contributed by atoms with van der Waals surface area (Å²) in [4.78, 5) is 13.9. The van der Waals surface area contributed by atoms with Gasteiger partial charge >= 0.3 is 0 Å². The number of methoxy groups -OCH3 is 2. The van der Waals surface area contributed by atoms with Gasteiger partial charge in [0.2, 0.25) is 15.9 Å². The molecule has 0 radical (unpaired) electrons. The number of carbonyl (C=O) groups is 1. The number of sulfonamides is 1. The van der Waals surface area contributed by atoms with E-state index in [2.05, 4.69) is 0 Å². The number of hydrogen-bond acceptors (Lipinski definition) is 5. The smallest absolute Gasteiger partial charge is 0.243 e. The zero-order chi connectivity index (χ0) is 17.2. The highest BCUT2D eigenvalue weighted by atomic mass is 32.2. The number of rotatable bonds is 5. The van der Waals surface area contributed by atoms with Gasteiger partial charge in [-0.15, -0.1) is 0 Å². The van der Waals surface area contributed by atoms with E-state index in [0.29, 0.717) is 18.0 Å². The molecule has 1 aromatic rings. The van der Waals surface area contributed by atoms with Crippen molar-refractivity contribution in [2.24, 2.45) is 0 Å². The minimum absolute atomic E-state index is 0.0634. The summed E-state index contributed by atoms with van der Waals surface area (Å²) in [7, 11) is -0.826. The van der Waals surface area contributed by atoms with E-state index >= 15 is 0 Å². The molecule has 0 N–H and O–H groups in total. The zero-order valence-electron chi connectivity index (χ0n) is 13.8. The third-order valence-electron chi connectivity index (χ3n) is 3.84. The number of nitrogens with zero attached hydrogens (tertiary/aromatic N) is 2. The normalized spacial score (nSPS) is 16.7. The highest BCUT2D eigenvalue weighted by Crippen LogP contribution is 2.31. The summed E-state index contributed by atoms with van der Waals surface area (Å²) in [6.45, 7) is 4.35. The van der Waals surface area contributed by atoms with Crippen LogP contribution in [0, 0.1) is 0 Å². The molecule has 1 heterocycles. The molecule has 0 unspecified atom stereocenters. The van der Waals surface area contributed by atoms with E-state index in [0.717, 1.165) is 0 Å². The van der Waals surface area contributed by atoms with Crippen LogP contribution < -0.4 is 9.47 Å². The maximum atomic E-state index is 12.7. The van der Waals surface area contributed by atoms with Crippen molar-refractivity contribution in [3.8, 4) is 11.5 Å². The molecular weight excluding hydrogens is 320 g/mol. The first-order chi connectivity index (χ1) is 10.8. The quantitative estimate of drug-likeness (QED) is 0.796. The molecule has 1 fully saturated rings. The minimum atomic E-state index is -3.75. The molecule has 0 aliphatic carbocycles. The minimum Gasteiger partial charge on any atom is -0.493 e. The molecule has 23 heavy (non-hydrogen) atoms. The number of piperazine rings is 1. The van der Waals surface area contributed by atoms with Crippen LogP contribution in [0.4, 0.5) is 0 Å². The maximum absolute atomic E-state index is 12.7. The molecule has 0 atom stereocenters. The number of benzene rings is 1. The lowest BCUT2D eigenvalue weighted by molar-refractivity contribution is -0.135. The average Bonchev–Trinajstić information content (AvgIpc) is 2.53. The van der Waals surface area contributed by atoms with E-state index in [9.17, 15) is 13.2 Å². The number of carbonyl (C=O) groups excluding carboxylic acids is 1. The van der Waals surface area contributed by atoms with Crippen LogP contribution in [0.5, 0.6) is 11.5 Å². The Bertz CT molecular complexity index is 687. The van der Waals surface area contributed by atoms with Gasteiger partial charge in [-0.05, 0) is 26.0 Å². The average molecular weight is 342 g/mol. The lowest BCUT2D eigenvalue weighted by Gasteiger charge is -2.36. The van der Waals surface area contributed by atoms with Crippen molar-refractivity contribution in [3.63, 3.8) is 0 Å². The second kappa shape index (κ2) is 6.76. The van der Waals surface area contributed by atoms with Crippen molar-refractivity contribution in [1.82, 2.24) is 9.21 Å². The summed E-state index contributed by atoms with van der Waals surface area (Å²) in [5.74, 6) is 0.600. The third-order valence-corrected chi connectivity index (χ3v) is 5.68. The fraction of sp³-hybridized carbons (Fsp3) is 0.533. The van der Waals surface area contributed by atoms with Gasteiger partial charge in [-0.3, -0.25) is 4.79 Å². The van der Waals surface area contributed by atoms with Gasteiger partial charge in [-0.1, -0.05) is 0 Å². The molecule has 0 bridgehead atoms. The topological polar surface area (TPSA) is 76.2 Å². The van der Waals surface area contributed by atoms with Crippen molar-refractivity contribution in [3.05, 3.63) is 18.2 Å². The molecule has 0 saturated carbocycles. The zero-order valence-corrected chi connectivity index (χ0v) is 14.6. The summed E-state index contributed by atoms with van der Waals surface area (Å²) >= 11 is 0. The van der Waals surface area contributed by atoms with Crippen LogP contribution in [0.15, 0.2) is 23.1 Å². The number of amides is 1. The van der Waals surface area contributed by atoms with Crippen LogP contribution in [0.25, 0.3) is 0 Å². The van der Waals surface area contributed by atoms with Crippen molar-refractivity contribution in [2.45, 2.75) is 24.8 Å².